The van der Waals surface area contributed by atoms with Crippen LogP contribution in [0.2, 0.25) is 0 Å². The third-order valence-corrected chi connectivity index (χ3v) is 4.25. The first-order chi connectivity index (χ1) is 10.9. The molecule has 0 bridgehead atoms. The van der Waals surface area contributed by atoms with Crippen molar-refractivity contribution in [1.82, 2.24) is 9.80 Å². The van der Waals surface area contributed by atoms with Crippen molar-refractivity contribution in [2.45, 2.75) is 18.7 Å². The summed E-state index contributed by atoms with van der Waals surface area (Å²) >= 11 is 0. The van der Waals surface area contributed by atoms with Crippen LogP contribution in [0.15, 0.2) is 12.1 Å². The van der Waals surface area contributed by atoms with Gasteiger partial charge in [0.2, 0.25) is 0 Å². The molecule has 1 aromatic rings. The number of aromatic carboxylic acids is 1. The molecule has 0 saturated carbocycles. The molecular formula is C16H24N2O5. The van der Waals surface area contributed by atoms with Gasteiger partial charge < -0.3 is 24.6 Å². The molecule has 0 radical (unpaired) electrons. The Morgan fingerprint density at radius 1 is 1.30 bits per heavy atom. The zero-order chi connectivity index (χ0) is 17.1. The molecule has 0 spiro atoms. The maximum absolute atomic E-state index is 11.6. The Morgan fingerprint density at radius 2 is 2.00 bits per heavy atom. The maximum Gasteiger partial charge on any atom is 0.336 e. The van der Waals surface area contributed by atoms with Crippen molar-refractivity contribution in [3.63, 3.8) is 0 Å². The number of carboxylic acid groups (broad SMARTS) is 1. The molecular weight excluding hydrogens is 300 g/mol. The van der Waals surface area contributed by atoms with Crippen molar-refractivity contribution in [1.29, 1.82) is 0 Å². The van der Waals surface area contributed by atoms with E-state index in [2.05, 4.69) is 0 Å². The molecule has 7 heteroatoms. The van der Waals surface area contributed by atoms with E-state index >= 15 is 0 Å². The van der Waals surface area contributed by atoms with Crippen molar-refractivity contribution in [2.75, 3.05) is 41.4 Å². The van der Waals surface area contributed by atoms with Crippen LogP contribution < -0.4 is 9.47 Å². The number of β-amino-alcohol motifs (C(OH)–C–C–N with tert-alkyl or cyclic N) is 1. The standard InChI is InChI=1S/C16H24N2O5/c1-17(2)13-8-18(9-14(13)19)7-12-11(16(20)21)5-10(22-3)6-15(12)23-4/h5-6,13-14,19H,7-9H2,1-4H3,(H,20,21). The van der Waals surface area contributed by atoms with Crippen molar-refractivity contribution in [3.05, 3.63) is 23.3 Å². The fourth-order valence-electron chi connectivity index (χ4n) is 2.98. The van der Waals surface area contributed by atoms with E-state index in [1.54, 1.807) is 6.07 Å². The summed E-state index contributed by atoms with van der Waals surface area (Å²) in [7, 11) is 6.84. The van der Waals surface area contributed by atoms with Gasteiger partial charge in [0, 0.05) is 37.3 Å². The van der Waals surface area contributed by atoms with Crippen LogP contribution in [-0.4, -0.2) is 79.5 Å². The summed E-state index contributed by atoms with van der Waals surface area (Å²) in [6.45, 7) is 1.57. The summed E-state index contributed by atoms with van der Waals surface area (Å²) in [6.07, 6.45) is -0.456. The van der Waals surface area contributed by atoms with E-state index in [1.807, 2.05) is 23.9 Å². The third-order valence-electron chi connectivity index (χ3n) is 4.25. The molecule has 2 N–H and O–H groups in total. The van der Waals surface area contributed by atoms with E-state index < -0.39 is 12.1 Å². The molecule has 2 rings (SSSR count). The van der Waals surface area contributed by atoms with Crippen LogP contribution in [0.5, 0.6) is 11.5 Å². The molecule has 23 heavy (non-hydrogen) atoms. The molecule has 1 aliphatic heterocycles. The molecule has 1 fully saturated rings. The van der Waals surface area contributed by atoms with Gasteiger partial charge in [0.1, 0.15) is 11.5 Å². The number of hydrogen-bond acceptors (Lipinski definition) is 6. The number of aliphatic hydroxyl groups is 1. The van der Waals surface area contributed by atoms with Crippen LogP contribution in [0.25, 0.3) is 0 Å². The first-order valence-corrected chi connectivity index (χ1v) is 7.42. The minimum Gasteiger partial charge on any atom is -0.497 e. The lowest BCUT2D eigenvalue weighted by Gasteiger charge is -2.22. The molecule has 7 nitrogen and oxygen atoms in total. The normalized spacial score (nSPS) is 21.7. The van der Waals surface area contributed by atoms with Gasteiger partial charge >= 0.3 is 5.97 Å². The molecule has 0 aromatic heterocycles. The van der Waals surface area contributed by atoms with E-state index in [9.17, 15) is 15.0 Å². The highest BCUT2D eigenvalue weighted by molar-refractivity contribution is 5.91. The van der Waals surface area contributed by atoms with E-state index in [-0.39, 0.29) is 11.6 Å². The van der Waals surface area contributed by atoms with Crippen LogP contribution in [-0.2, 0) is 6.54 Å². The van der Waals surface area contributed by atoms with E-state index in [4.69, 9.17) is 9.47 Å². The van der Waals surface area contributed by atoms with Gasteiger partial charge in [-0.2, -0.15) is 0 Å². The molecule has 1 saturated heterocycles. The van der Waals surface area contributed by atoms with Gasteiger partial charge in [-0.25, -0.2) is 4.79 Å². The Labute approximate surface area is 136 Å². The number of methoxy groups -OCH3 is 2. The van der Waals surface area contributed by atoms with Gasteiger partial charge in [-0.15, -0.1) is 0 Å². The largest absolute Gasteiger partial charge is 0.497 e. The zero-order valence-electron chi connectivity index (χ0n) is 13.9. The third kappa shape index (κ3) is 3.74. The van der Waals surface area contributed by atoms with Crippen LogP contribution >= 0.6 is 0 Å². The molecule has 2 unspecified atom stereocenters. The number of likely N-dealkylation sites (tertiary alicyclic amines) is 1. The van der Waals surface area contributed by atoms with Crippen molar-refractivity contribution in [2.24, 2.45) is 0 Å². The van der Waals surface area contributed by atoms with E-state index in [0.29, 0.717) is 36.7 Å². The highest BCUT2D eigenvalue weighted by Gasteiger charge is 2.33. The molecule has 1 aliphatic rings. The summed E-state index contributed by atoms with van der Waals surface area (Å²) in [5.41, 5.74) is 0.747. The lowest BCUT2D eigenvalue weighted by molar-refractivity contribution is 0.0693. The predicted octanol–water partition coefficient (Wildman–Crippen LogP) is 0.509. The molecule has 128 valence electrons. The van der Waals surface area contributed by atoms with Crippen LogP contribution in [0.4, 0.5) is 0 Å². The smallest absolute Gasteiger partial charge is 0.336 e. The number of likely N-dealkylation sites (N-methyl/N-ethyl adjacent to an activating group) is 1. The number of nitrogens with zero attached hydrogens (tertiary/aromatic N) is 2. The van der Waals surface area contributed by atoms with E-state index in [0.717, 1.165) is 0 Å². The number of aliphatic hydroxyl groups excluding tert-OH is 1. The Kier molecular flexibility index (Phi) is 5.46. The molecule has 1 heterocycles. The van der Waals surface area contributed by atoms with Crippen LogP contribution in [0.3, 0.4) is 0 Å². The van der Waals surface area contributed by atoms with Crippen molar-refractivity contribution in [3.8, 4) is 11.5 Å². The molecule has 0 amide bonds. The van der Waals surface area contributed by atoms with Crippen molar-refractivity contribution >= 4 is 5.97 Å². The van der Waals surface area contributed by atoms with Gasteiger partial charge in [-0.3, -0.25) is 4.90 Å². The van der Waals surface area contributed by atoms with Crippen LogP contribution in [0, 0.1) is 0 Å². The first kappa shape index (κ1) is 17.5. The Bertz CT molecular complexity index is 576. The minimum atomic E-state index is -1.03. The highest BCUT2D eigenvalue weighted by atomic mass is 16.5. The second kappa shape index (κ2) is 7.16. The molecule has 0 aliphatic carbocycles. The summed E-state index contributed by atoms with van der Waals surface area (Å²) in [4.78, 5) is 15.6. The van der Waals surface area contributed by atoms with Crippen LogP contribution in [0.1, 0.15) is 15.9 Å². The SMILES string of the molecule is COc1cc(OC)c(CN2CC(O)C(N(C)C)C2)c(C(=O)O)c1. The average molecular weight is 324 g/mol. The quantitative estimate of drug-likeness (QED) is 0.789. The summed E-state index contributed by atoms with van der Waals surface area (Å²) < 4.78 is 10.5. The second-order valence-electron chi connectivity index (χ2n) is 5.95. The molecule has 2 atom stereocenters. The van der Waals surface area contributed by atoms with E-state index in [1.165, 1.54) is 20.3 Å². The number of rotatable bonds is 6. The lowest BCUT2D eigenvalue weighted by Crippen LogP contribution is -2.37. The average Bonchev–Trinajstić information content (AvgIpc) is 2.87. The molecule has 1 aromatic carbocycles. The Balaban J connectivity index is 2.30. The van der Waals surface area contributed by atoms with Crippen molar-refractivity contribution < 1.29 is 24.5 Å². The van der Waals surface area contributed by atoms with Gasteiger partial charge in [0.05, 0.1) is 25.9 Å². The minimum absolute atomic E-state index is 0.0347. The topological polar surface area (TPSA) is 82.5 Å². The van der Waals surface area contributed by atoms with Gasteiger partial charge in [0.25, 0.3) is 0 Å². The second-order valence-corrected chi connectivity index (χ2v) is 5.95. The Morgan fingerprint density at radius 3 is 2.48 bits per heavy atom. The lowest BCUT2D eigenvalue weighted by atomic mass is 10.0. The maximum atomic E-state index is 11.6. The Hall–Kier alpha value is -1.83. The fraction of sp³-hybridized carbons (Fsp3) is 0.562. The fourth-order valence-corrected chi connectivity index (χ4v) is 2.98. The monoisotopic (exact) mass is 324 g/mol. The number of ether oxygens (including phenoxy) is 2. The predicted molar refractivity (Wildman–Crippen MR) is 85.3 cm³/mol. The number of carboxylic acids is 1. The summed E-state index contributed by atoms with van der Waals surface area (Å²) in [5, 5.41) is 19.6. The van der Waals surface area contributed by atoms with Gasteiger partial charge in [-0.1, -0.05) is 0 Å². The highest BCUT2D eigenvalue weighted by Crippen LogP contribution is 2.31. The number of hydrogen-bond donors (Lipinski definition) is 2. The number of carbonyl (C=O) groups is 1. The summed E-state index contributed by atoms with van der Waals surface area (Å²) in [6, 6.07) is 3.21. The zero-order valence-corrected chi connectivity index (χ0v) is 13.9. The number of benzene rings is 1. The summed E-state index contributed by atoms with van der Waals surface area (Å²) in [5.74, 6) is -0.110. The van der Waals surface area contributed by atoms with Gasteiger partial charge in [-0.05, 0) is 20.2 Å². The van der Waals surface area contributed by atoms with Gasteiger partial charge in [0.15, 0.2) is 0 Å². The first-order valence-electron chi connectivity index (χ1n) is 7.42.